The van der Waals surface area contributed by atoms with Crippen molar-refractivity contribution < 1.29 is 14.3 Å². The molecule has 0 aliphatic heterocycles. The van der Waals surface area contributed by atoms with Crippen molar-refractivity contribution in [3.8, 4) is 0 Å². The molecule has 0 atom stereocenters. The van der Waals surface area contributed by atoms with E-state index in [2.05, 4.69) is 16.0 Å². The first kappa shape index (κ1) is 16.7. The average Bonchev–Trinajstić information content (AvgIpc) is 2.33. The van der Waals surface area contributed by atoms with Crippen molar-refractivity contribution >= 4 is 11.9 Å². The molecule has 0 saturated carbocycles. The van der Waals surface area contributed by atoms with Crippen LogP contribution in [0.1, 0.15) is 33.1 Å². The van der Waals surface area contributed by atoms with Crippen LogP contribution in [0.5, 0.6) is 0 Å². The number of hydrogen-bond donors (Lipinski definition) is 3. The summed E-state index contributed by atoms with van der Waals surface area (Å²) in [4.78, 5) is 21.8. The minimum atomic E-state index is -0.172. The first-order valence-corrected chi connectivity index (χ1v) is 6.50. The van der Waals surface area contributed by atoms with Gasteiger partial charge in [0.15, 0.2) is 0 Å². The summed E-state index contributed by atoms with van der Waals surface area (Å²) in [5.74, 6) is -0.0206. The number of carbonyl (C=O) groups is 2. The van der Waals surface area contributed by atoms with Crippen molar-refractivity contribution in [1.82, 2.24) is 16.0 Å². The highest BCUT2D eigenvalue weighted by molar-refractivity contribution is 5.73. The normalized spacial score (nSPS) is 9.89. The number of urea groups is 1. The molecule has 0 bridgehead atoms. The van der Waals surface area contributed by atoms with Gasteiger partial charge in [-0.05, 0) is 19.3 Å². The van der Waals surface area contributed by atoms with Gasteiger partial charge in [0.25, 0.3) is 0 Å². The largest absolute Gasteiger partial charge is 0.380 e. The Balaban J connectivity index is 3.19. The van der Waals surface area contributed by atoms with E-state index in [4.69, 9.17) is 4.74 Å². The number of hydrogen-bond acceptors (Lipinski definition) is 3. The summed E-state index contributed by atoms with van der Waals surface area (Å²) in [6.45, 7) is 6.60. The van der Waals surface area contributed by atoms with Crippen LogP contribution >= 0.6 is 0 Å². The predicted octanol–water partition coefficient (Wildman–Crippen LogP) is 0.629. The standard InChI is InChI=1S/C12H25N3O3/c1-3-9-18-10-8-15-12(17)14-7-5-4-6-13-11(2)16/h3-10H2,1-2H3,(H,13,16)(H2,14,15,17). The van der Waals surface area contributed by atoms with Crippen LogP contribution < -0.4 is 16.0 Å². The summed E-state index contributed by atoms with van der Waals surface area (Å²) in [5, 5.41) is 8.15. The van der Waals surface area contributed by atoms with Crippen molar-refractivity contribution in [1.29, 1.82) is 0 Å². The van der Waals surface area contributed by atoms with Crippen LogP contribution in [0.4, 0.5) is 4.79 Å². The highest BCUT2D eigenvalue weighted by Crippen LogP contribution is 1.84. The zero-order valence-electron chi connectivity index (χ0n) is 11.4. The summed E-state index contributed by atoms with van der Waals surface area (Å²) in [7, 11) is 0. The number of ether oxygens (including phenoxy) is 1. The molecule has 6 nitrogen and oxygen atoms in total. The summed E-state index contributed by atoms with van der Waals surface area (Å²) >= 11 is 0. The van der Waals surface area contributed by atoms with Gasteiger partial charge >= 0.3 is 6.03 Å². The SMILES string of the molecule is CCCOCCNC(=O)NCCCCNC(C)=O. The van der Waals surface area contributed by atoms with Gasteiger partial charge in [-0.15, -0.1) is 0 Å². The van der Waals surface area contributed by atoms with Gasteiger partial charge in [-0.1, -0.05) is 6.92 Å². The summed E-state index contributed by atoms with van der Waals surface area (Å²) in [6.07, 6.45) is 2.69. The monoisotopic (exact) mass is 259 g/mol. The van der Waals surface area contributed by atoms with E-state index in [-0.39, 0.29) is 11.9 Å². The van der Waals surface area contributed by atoms with E-state index in [1.165, 1.54) is 6.92 Å². The van der Waals surface area contributed by atoms with Gasteiger partial charge in [-0.25, -0.2) is 4.79 Å². The second kappa shape index (κ2) is 12.2. The maximum absolute atomic E-state index is 11.3. The maximum atomic E-state index is 11.3. The van der Waals surface area contributed by atoms with Gasteiger partial charge in [-0.3, -0.25) is 4.79 Å². The molecule has 0 heterocycles. The van der Waals surface area contributed by atoms with Crippen molar-refractivity contribution in [3.05, 3.63) is 0 Å². The van der Waals surface area contributed by atoms with E-state index in [0.717, 1.165) is 25.9 Å². The fourth-order valence-electron chi connectivity index (χ4n) is 1.26. The Labute approximate surface area is 109 Å². The molecule has 106 valence electrons. The molecule has 0 aromatic carbocycles. The van der Waals surface area contributed by atoms with Crippen molar-refractivity contribution in [2.24, 2.45) is 0 Å². The van der Waals surface area contributed by atoms with Gasteiger partial charge in [0.2, 0.25) is 5.91 Å². The van der Waals surface area contributed by atoms with Crippen molar-refractivity contribution in [3.63, 3.8) is 0 Å². The molecule has 0 unspecified atom stereocenters. The number of unbranched alkanes of at least 4 members (excludes halogenated alkanes) is 1. The van der Waals surface area contributed by atoms with Crippen LogP contribution in [-0.2, 0) is 9.53 Å². The lowest BCUT2D eigenvalue weighted by Gasteiger charge is -2.08. The number of nitrogens with one attached hydrogen (secondary N) is 3. The quantitative estimate of drug-likeness (QED) is 0.503. The Morgan fingerprint density at radius 3 is 2.17 bits per heavy atom. The van der Waals surface area contributed by atoms with Gasteiger partial charge in [0, 0.05) is 33.2 Å². The lowest BCUT2D eigenvalue weighted by Crippen LogP contribution is -2.38. The molecule has 0 aliphatic rings. The molecule has 0 aromatic heterocycles. The highest BCUT2D eigenvalue weighted by Gasteiger charge is 1.98. The van der Waals surface area contributed by atoms with E-state index in [0.29, 0.717) is 26.2 Å². The zero-order chi connectivity index (χ0) is 13.6. The number of rotatable bonds is 10. The Morgan fingerprint density at radius 1 is 0.944 bits per heavy atom. The molecule has 0 saturated heterocycles. The third kappa shape index (κ3) is 12.8. The van der Waals surface area contributed by atoms with Crippen LogP contribution in [0.2, 0.25) is 0 Å². The van der Waals surface area contributed by atoms with Crippen LogP contribution in [0.15, 0.2) is 0 Å². The van der Waals surface area contributed by atoms with E-state index in [1.54, 1.807) is 0 Å². The number of amides is 3. The van der Waals surface area contributed by atoms with Gasteiger partial charge in [-0.2, -0.15) is 0 Å². The van der Waals surface area contributed by atoms with Crippen molar-refractivity contribution in [2.75, 3.05) is 32.8 Å². The molecular weight excluding hydrogens is 234 g/mol. The topological polar surface area (TPSA) is 79.5 Å². The van der Waals surface area contributed by atoms with Crippen LogP contribution in [0, 0.1) is 0 Å². The fourth-order valence-corrected chi connectivity index (χ4v) is 1.26. The molecule has 18 heavy (non-hydrogen) atoms. The Bertz CT molecular complexity index is 235. The van der Waals surface area contributed by atoms with Crippen LogP contribution in [-0.4, -0.2) is 44.8 Å². The van der Waals surface area contributed by atoms with Crippen molar-refractivity contribution in [2.45, 2.75) is 33.1 Å². The molecule has 3 N–H and O–H groups in total. The summed E-state index contributed by atoms with van der Waals surface area (Å²) in [5.41, 5.74) is 0. The lowest BCUT2D eigenvalue weighted by molar-refractivity contribution is -0.118. The van der Waals surface area contributed by atoms with Gasteiger partial charge in [0.05, 0.1) is 6.61 Å². The second-order valence-electron chi connectivity index (χ2n) is 3.99. The van der Waals surface area contributed by atoms with Crippen LogP contribution in [0.3, 0.4) is 0 Å². The van der Waals surface area contributed by atoms with E-state index >= 15 is 0 Å². The Kier molecular flexibility index (Phi) is 11.3. The number of carbonyl (C=O) groups excluding carboxylic acids is 2. The third-order valence-electron chi connectivity index (χ3n) is 2.14. The minimum absolute atomic E-state index is 0.0206. The molecule has 0 aliphatic carbocycles. The molecule has 0 spiro atoms. The minimum Gasteiger partial charge on any atom is -0.380 e. The Hall–Kier alpha value is -1.30. The Morgan fingerprint density at radius 2 is 1.56 bits per heavy atom. The zero-order valence-corrected chi connectivity index (χ0v) is 11.4. The third-order valence-corrected chi connectivity index (χ3v) is 2.14. The average molecular weight is 259 g/mol. The first-order chi connectivity index (χ1) is 8.66. The van der Waals surface area contributed by atoms with Gasteiger partial charge < -0.3 is 20.7 Å². The van der Waals surface area contributed by atoms with Crippen LogP contribution in [0.25, 0.3) is 0 Å². The maximum Gasteiger partial charge on any atom is 0.314 e. The molecule has 0 fully saturated rings. The fraction of sp³-hybridized carbons (Fsp3) is 0.833. The molecule has 0 rings (SSSR count). The molecule has 3 amide bonds. The molecule has 0 aromatic rings. The van der Waals surface area contributed by atoms with E-state index < -0.39 is 0 Å². The first-order valence-electron chi connectivity index (χ1n) is 6.50. The molecular formula is C12H25N3O3. The van der Waals surface area contributed by atoms with E-state index in [1.807, 2.05) is 6.92 Å². The molecule has 6 heteroatoms. The summed E-state index contributed by atoms with van der Waals surface area (Å²) < 4.78 is 5.23. The van der Waals surface area contributed by atoms with Gasteiger partial charge in [0.1, 0.15) is 0 Å². The highest BCUT2D eigenvalue weighted by atomic mass is 16.5. The lowest BCUT2D eigenvalue weighted by atomic mass is 10.3. The molecule has 0 radical (unpaired) electrons. The van der Waals surface area contributed by atoms with E-state index in [9.17, 15) is 9.59 Å². The predicted molar refractivity (Wildman–Crippen MR) is 70.4 cm³/mol. The smallest absolute Gasteiger partial charge is 0.314 e. The second-order valence-corrected chi connectivity index (χ2v) is 3.99. The summed E-state index contributed by atoms with van der Waals surface area (Å²) in [6, 6.07) is -0.172.